The molecular weight excluding hydrogens is 344 g/mol. The first kappa shape index (κ1) is 18.2. The lowest BCUT2D eigenvalue weighted by atomic mass is 9.95. The Morgan fingerprint density at radius 1 is 1.26 bits per heavy atom. The maximum Gasteiger partial charge on any atom is 0.249 e. The molecule has 7 nitrogen and oxygen atoms in total. The number of carbonyl (C=O) groups excluding carboxylic acids is 1. The Morgan fingerprint density at radius 2 is 2.07 bits per heavy atom. The van der Waals surface area contributed by atoms with Gasteiger partial charge in [-0.05, 0) is 50.9 Å². The number of piperidine rings is 1. The molecular formula is C20H28N4O3. The topological polar surface area (TPSA) is 75.6 Å². The first-order valence-corrected chi connectivity index (χ1v) is 10.0. The molecule has 7 heteroatoms. The zero-order chi connectivity index (χ0) is 18.8. The summed E-state index contributed by atoms with van der Waals surface area (Å²) < 4.78 is 10.9. The largest absolute Gasteiger partial charge is 0.468 e. The van der Waals surface area contributed by atoms with Crippen LogP contribution in [0.3, 0.4) is 0 Å². The Hall–Kier alpha value is -2.15. The van der Waals surface area contributed by atoms with Gasteiger partial charge in [0.15, 0.2) is 5.82 Å². The SMILES string of the molecule is CC(C)c1noc(C2CCCN2C(=O)C2CCN(Cc3ccco3)CC2)n1. The van der Waals surface area contributed by atoms with Gasteiger partial charge in [-0.15, -0.1) is 0 Å². The van der Waals surface area contributed by atoms with Gasteiger partial charge in [0.05, 0.1) is 12.8 Å². The number of nitrogens with zero attached hydrogens (tertiary/aromatic N) is 4. The number of amides is 1. The number of furan rings is 1. The van der Waals surface area contributed by atoms with E-state index in [0.717, 1.165) is 63.4 Å². The molecule has 27 heavy (non-hydrogen) atoms. The van der Waals surface area contributed by atoms with Crippen molar-refractivity contribution in [3.8, 4) is 0 Å². The summed E-state index contributed by atoms with van der Waals surface area (Å²) in [5, 5.41) is 4.07. The van der Waals surface area contributed by atoms with E-state index in [1.165, 1.54) is 0 Å². The smallest absolute Gasteiger partial charge is 0.249 e. The highest BCUT2D eigenvalue weighted by Gasteiger charge is 2.38. The van der Waals surface area contributed by atoms with Crippen molar-refractivity contribution in [3.63, 3.8) is 0 Å². The maximum atomic E-state index is 13.1. The Morgan fingerprint density at radius 3 is 2.74 bits per heavy atom. The standard InChI is InChI=1S/C20H28N4O3/c1-14(2)18-21-19(27-22-18)17-6-3-9-24(17)20(25)15-7-10-23(11-8-15)13-16-5-4-12-26-16/h4-5,12,14-15,17H,3,6-11,13H2,1-2H3. The normalized spacial score (nSPS) is 22.0. The van der Waals surface area contributed by atoms with Crippen LogP contribution < -0.4 is 0 Å². The van der Waals surface area contributed by atoms with E-state index in [0.29, 0.717) is 5.89 Å². The fourth-order valence-electron chi connectivity index (χ4n) is 4.10. The van der Waals surface area contributed by atoms with E-state index in [-0.39, 0.29) is 23.8 Å². The molecule has 2 aromatic rings. The van der Waals surface area contributed by atoms with E-state index in [1.807, 2.05) is 30.9 Å². The van der Waals surface area contributed by atoms with Gasteiger partial charge in [-0.25, -0.2) is 0 Å². The highest BCUT2D eigenvalue weighted by atomic mass is 16.5. The van der Waals surface area contributed by atoms with E-state index >= 15 is 0 Å². The van der Waals surface area contributed by atoms with E-state index in [1.54, 1.807) is 6.26 Å². The number of rotatable bonds is 5. The van der Waals surface area contributed by atoms with Gasteiger partial charge < -0.3 is 13.8 Å². The maximum absolute atomic E-state index is 13.1. The van der Waals surface area contributed by atoms with Crippen LogP contribution >= 0.6 is 0 Å². The molecule has 1 atom stereocenters. The third-order valence-electron chi connectivity index (χ3n) is 5.69. The quantitative estimate of drug-likeness (QED) is 0.801. The third kappa shape index (κ3) is 3.93. The number of aromatic nitrogens is 2. The fourth-order valence-corrected chi connectivity index (χ4v) is 4.10. The molecule has 2 saturated heterocycles. The lowest BCUT2D eigenvalue weighted by molar-refractivity contribution is -0.138. The van der Waals surface area contributed by atoms with E-state index in [4.69, 9.17) is 8.94 Å². The monoisotopic (exact) mass is 372 g/mol. The summed E-state index contributed by atoms with van der Waals surface area (Å²) in [5.74, 6) is 2.86. The number of hydrogen-bond donors (Lipinski definition) is 0. The summed E-state index contributed by atoms with van der Waals surface area (Å²) in [5.41, 5.74) is 0. The van der Waals surface area contributed by atoms with Crippen LogP contribution in [0.1, 0.15) is 69.0 Å². The minimum absolute atomic E-state index is 0.0568. The molecule has 1 unspecified atom stereocenters. The van der Waals surface area contributed by atoms with Crippen molar-refractivity contribution in [2.45, 2.75) is 58.0 Å². The molecule has 4 rings (SSSR count). The molecule has 0 N–H and O–H groups in total. The highest BCUT2D eigenvalue weighted by Crippen LogP contribution is 2.34. The van der Waals surface area contributed by atoms with E-state index in [9.17, 15) is 4.79 Å². The molecule has 0 spiro atoms. The number of likely N-dealkylation sites (tertiary alicyclic amines) is 2. The molecule has 2 fully saturated rings. The van der Waals surface area contributed by atoms with Crippen molar-refractivity contribution in [3.05, 3.63) is 35.9 Å². The second-order valence-electron chi connectivity index (χ2n) is 7.96. The lowest BCUT2D eigenvalue weighted by Gasteiger charge is -2.33. The second kappa shape index (κ2) is 7.84. The molecule has 2 aliphatic rings. The van der Waals surface area contributed by atoms with Crippen LogP contribution in [0, 0.1) is 5.92 Å². The van der Waals surface area contributed by atoms with Gasteiger partial charge in [-0.3, -0.25) is 9.69 Å². The number of hydrogen-bond acceptors (Lipinski definition) is 6. The molecule has 0 saturated carbocycles. The molecule has 2 aromatic heterocycles. The zero-order valence-corrected chi connectivity index (χ0v) is 16.1. The average molecular weight is 372 g/mol. The van der Waals surface area contributed by atoms with Crippen LogP contribution in [0.25, 0.3) is 0 Å². The first-order valence-electron chi connectivity index (χ1n) is 10.0. The van der Waals surface area contributed by atoms with Crippen molar-refractivity contribution in [1.82, 2.24) is 19.9 Å². The molecule has 0 aromatic carbocycles. The zero-order valence-electron chi connectivity index (χ0n) is 16.1. The van der Waals surface area contributed by atoms with Crippen molar-refractivity contribution >= 4 is 5.91 Å². The molecule has 4 heterocycles. The minimum Gasteiger partial charge on any atom is -0.468 e. The average Bonchev–Trinajstić information content (AvgIpc) is 3.42. The molecule has 146 valence electrons. The summed E-state index contributed by atoms with van der Waals surface area (Å²) in [6.45, 7) is 7.54. The number of carbonyl (C=O) groups is 1. The van der Waals surface area contributed by atoms with Crippen LogP contribution in [0.5, 0.6) is 0 Å². The van der Waals surface area contributed by atoms with Gasteiger partial charge in [0.25, 0.3) is 0 Å². The summed E-state index contributed by atoms with van der Waals surface area (Å²) >= 11 is 0. The van der Waals surface area contributed by atoms with E-state index < -0.39 is 0 Å². The predicted molar refractivity (Wildman–Crippen MR) is 98.8 cm³/mol. The first-order chi connectivity index (χ1) is 13.1. The predicted octanol–water partition coefficient (Wildman–Crippen LogP) is 3.36. The minimum atomic E-state index is -0.0568. The van der Waals surface area contributed by atoms with Crippen molar-refractivity contribution in [2.24, 2.45) is 5.92 Å². The van der Waals surface area contributed by atoms with Crippen molar-refractivity contribution in [1.29, 1.82) is 0 Å². The molecule has 0 aliphatic carbocycles. The molecule has 1 amide bonds. The lowest BCUT2D eigenvalue weighted by Crippen LogP contribution is -2.42. The van der Waals surface area contributed by atoms with Gasteiger partial charge in [0, 0.05) is 18.4 Å². The van der Waals surface area contributed by atoms with Gasteiger partial charge in [-0.1, -0.05) is 19.0 Å². The van der Waals surface area contributed by atoms with Crippen LogP contribution in [-0.2, 0) is 11.3 Å². The Labute approximate surface area is 159 Å². The second-order valence-corrected chi connectivity index (χ2v) is 7.96. The Kier molecular flexibility index (Phi) is 5.29. The molecule has 0 bridgehead atoms. The van der Waals surface area contributed by atoms with Crippen molar-refractivity contribution in [2.75, 3.05) is 19.6 Å². The van der Waals surface area contributed by atoms with Crippen LogP contribution in [-0.4, -0.2) is 45.5 Å². The Bertz CT molecular complexity index is 747. The van der Waals surface area contributed by atoms with Crippen LogP contribution in [0.15, 0.2) is 27.3 Å². The summed E-state index contributed by atoms with van der Waals surface area (Å²) in [4.78, 5) is 22.0. The third-order valence-corrected chi connectivity index (χ3v) is 5.69. The highest BCUT2D eigenvalue weighted by molar-refractivity contribution is 5.79. The fraction of sp³-hybridized carbons (Fsp3) is 0.650. The summed E-state index contributed by atoms with van der Waals surface area (Å²) in [7, 11) is 0. The van der Waals surface area contributed by atoms with Gasteiger partial charge in [-0.2, -0.15) is 4.98 Å². The Balaban J connectivity index is 1.36. The van der Waals surface area contributed by atoms with Crippen molar-refractivity contribution < 1.29 is 13.7 Å². The molecule has 0 radical (unpaired) electrons. The van der Waals surface area contributed by atoms with Gasteiger partial charge in [0.2, 0.25) is 11.8 Å². The summed E-state index contributed by atoms with van der Waals surface area (Å²) in [6.07, 6.45) is 5.39. The summed E-state index contributed by atoms with van der Waals surface area (Å²) in [6, 6.07) is 3.86. The van der Waals surface area contributed by atoms with Gasteiger partial charge >= 0.3 is 0 Å². The van der Waals surface area contributed by atoms with Gasteiger partial charge in [0.1, 0.15) is 11.8 Å². The van der Waals surface area contributed by atoms with E-state index in [2.05, 4.69) is 15.0 Å². The molecule has 2 aliphatic heterocycles. The van der Waals surface area contributed by atoms with Crippen LogP contribution in [0.4, 0.5) is 0 Å². The van der Waals surface area contributed by atoms with Crippen LogP contribution in [0.2, 0.25) is 0 Å².